The van der Waals surface area contributed by atoms with Gasteiger partial charge >= 0.3 is 0 Å². The number of likely N-dealkylation sites (N-methyl/N-ethyl adjacent to an activating group) is 1. The molecule has 0 radical (unpaired) electrons. The Morgan fingerprint density at radius 2 is 1.90 bits per heavy atom. The smallest absolute Gasteiger partial charge is 0.231 e. The summed E-state index contributed by atoms with van der Waals surface area (Å²) in [5.41, 5.74) is 2.90. The minimum Gasteiger partial charge on any atom is -0.315 e. The van der Waals surface area contributed by atoms with Crippen molar-refractivity contribution >= 4 is 29.0 Å². The highest BCUT2D eigenvalue weighted by Gasteiger charge is 2.24. The van der Waals surface area contributed by atoms with E-state index in [9.17, 15) is 9.59 Å². The first-order valence-electron chi connectivity index (χ1n) is 6.26. The van der Waals surface area contributed by atoms with Crippen molar-refractivity contribution < 1.29 is 9.59 Å². The number of rotatable bonds is 2. The van der Waals surface area contributed by atoms with Gasteiger partial charge in [-0.25, -0.2) is 0 Å². The van der Waals surface area contributed by atoms with Gasteiger partial charge in [0.1, 0.15) is 0 Å². The molecule has 1 amide bonds. The standard InChI is InChI=1S/C16H12ClNO2/c1-18-14-6-5-11(7-12(14)9-15(18)19)16(20)10-3-2-4-13(17)8-10/h2-8H,9H2,1H3. The number of benzene rings is 2. The van der Waals surface area contributed by atoms with Crippen LogP contribution in [0, 0.1) is 0 Å². The number of ketones is 1. The molecule has 0 unspecified atom stereocenters. The number of fused-ring (bicyclic) bond motifs is 1. The summed E-state index contributed by atoms with van der Waals surface area (Å²) >= 11 is 5.90. The van der Waals surface area contributed by atoms with E-state index in [0.717, 1.165) is 11.3 Å². The highest BCUT2D eigenvalue weighted by atomic mass is 35.5. The second-order valence-electron chi connectivity index (χ2n) is 4.81. The summed E-state index contributed by atoms with van der Waals surface area (Å²) in [6.45, 7) is 0. The lowest BCUT2D eigenvalue weighted by Crippen LogP contribution is -2.20. The first-order chi connectivity index (χ1) is 9.56. The van der Waals surface area contributed by atoms with Crippen molar-refractivity contribution in [1.29, 1.82) is 0 Å². The first kappa shape index (κ1) is 12.9. The third-order valence-corrected chi connectivity index (χ3v) is 3.74. The van der Waals surface area contributed by atoms with E-state index in [-0.39, 0.29) is 11.7 Å². The van der Waals surface area contributed by atoms with Crippen molar-refractivity contribution in [3.8, 4) is 0 Å². The summed E-state index contributed by atoms with van der Waals surface area (Å²) in [6.07, 6.45) is 0.350. The van der Waals surface area contributed by atoms with Crippen LogP contribution in [0.3, 0.4) is 0 Å². The molecule has 0 bridgehead atoms. The van der Waals surface area contributed by atoms with Crippen LogP contribution < -0.4 is 4.90 Å². The minimum atomic E-state index is -0.0858. The number of halogens is 1. The molecule has 2 aromatic carbocycles. The molecule has 1 aliphatic heterocycles. The molecule has 1 heterocycles. The quantitative estimate of drug-likeness (QED) is 0.795. The molecule has 0 spiro atoms. The second kappa shape index (κ2) is 4.76. The summed E-state index contributed by atoms with van der Waals surface area (Å²) in [6, 6.07) is 12.2. The second-order valence-corrected chi connectivity index (χ2v) is 5.25. The maximum Gasteiger partial charge on any atom is 0.231 e. The van der Waals surface area contributed by atoms with Crippen LogP contribution in [-0.2, 0) is 11.2 Å². The molecule has 0 saturated carbocycles. The van der Waals surface area contributed by atoms with Crippen LogP contribution in [0.2, 0.25) is 5.02 Å². The molecule has 0 aliphatic carbocycles. The molecule has 20 heavy (non-hydrogen) atoms. The largest absolute Gasteiger partial charge is 0.315 e. The minimum absolute atomic E-state index is 0.0485. The van der Waals surface area contributed by atoms with Crippen molar-refractivity contribution in [3.63, 3.8) is 0 Å². The van der Waals surface area contributed by atoms with Gasteiger partial charge in [-0.05, 0) is 35.9 Å². The number of carbonyl (C=O) groups is 2. The third kappa shape index (κ3) is 2.10. The predicted octanol–water partition coefficient (Wildman–Crippen LogP) is 3.09. The maximum atomic E-state index is 12.4. The van der Waals surface area contributed by atoms with Crippen LogP contribution in [0.4, 0.5) is 5.69 Å². The summed E-state index contributed by atoms with van der Waals surface area (Å²) in [5.74, 6) is -0.0374. The Hall–Kier alpha value is -2.13. The van der Waals surface area contributed by atoms with Crippen LogP contribution in [0.25, 0.3) is 0 Å². The van der Waals surface area contributed by atoms with Gasteiger partial charge in [-0.1, -0.05) is 23.7 Å². The lowest BCUT2D eigenvalue weighted by molar-refractivity contribution is -0.117. The van der Waals surface area contributed by atoms with Crippen molar-refractivity contribution in [1.82, 2.24) is 0 Å². The molecule has 2 aromatic rings. The molecule has 0 saturated heterocycles. The van der Waals surface area contributed by atoms with Gasteiger partial charge in [0.15, 0.2) is 5.78 Å². The number of amides is 1. The normalized spacial score (nSPS) is 13.5. The average molecular weight is 286 g/mol. The van der Waals surface area contributed by atoms with Crippen LogP contribution in [-0.4, -0.2) is 18.7 Å². The van der Waals surface area contributed by atoms with Crippen LogP contribution >= 0.6 is 11.6 Å². The fourth-order valence-electron chi connectivity index (χ4n) is 2.41. The summed E-state index contributed by atoms with van der Waals surface area (Å²) in [5, 5.41) is 0.534. The van der Waals surface area contributed by atoms with E-state index in [1.807, 2.05) is 6.07 Å². The molecule has 0 N–H and O–H groups in total. The number of nitrogens with zero attached hydrogens (tertiary/aromatic N) is 1. The number of hydrogen-bond donors (Lipinski definition) is 0. The number of hydrogen-bond acceptors (Lipinski definition) is 2. The maximum absolute atomic E-state index is 12.4. The van der Waals surface area contributed by atoms with Gasteiger partial charge < -0.3 is 4.90 Å². The highest BCUT2D eigenvalue weighted by molar-refractivity contribution is 6.31. The van der Waals surface area contributed by atoms with E-state index in [1.165, 1.54) is 0 Å². The van der Waals surface area contributed by atoms with Crippen molar-refractivity contribution in [2.45, 2.75) is 6.42 Å². The number of carbonyl (C=O) groups excluding carboxylic acids is 2. The Kier molecular flexibility index (Phi) is 3.07. The third-order valence-electron chi connectivity index (χ3n) is 3.51. The van der Waals surface area contributed by atoms with Gasteiger partial charge in [-0.3, -0.25) is 9.59 Å². The van der Waals surface area contributed by atoms with Gasteiger partial charge in [0.2, 0.25) is 5.91 Å². The molecule has 4 heteroatoms. The molecule has 0 aromatic heterocycles. The van der Waals surface area contributed by atoms with E-state index in [2.05, 4.69) is 0 Å². The van der Waals surface area contributed by atoms with E-state index in [4.69, 9.17) is 11.6 Å². The predicted molar refractivity (Wildman–Crippen MR) is 78.4 cm³/mol. The molecule has 3 nitrogen and oxygen atoms in total. The van der Waals surface area contributed by atoms with Gasteiger partial charge in [0.25, 0.3) is 0 Å². The molecular weight excluding hydrogens is 274 g/mol. The van der Waals surface area contributed by atoms with Crippen LogP contribution in [0.15, 0.2) is 42.5 Å². The Labute approximate surface area is 121 Å². The van der Waals surface area contributed by atoms with Crippen molar-refractivity contribution in [2.24, 2.45) is 0 Å². The van der Waals surface area contributed by atoms with Crippen molar-refractivity contribution in [2.75, 3.05) is 11.9 Å². The summed E-state index contributed by atoms with van der Waals surface area (Å²) in [4.78, 5) is 25.7. The Balaban J connectivity index is 1.99. The van der Waals surface area contributed by atoms with E-state index < -0.39 is 0 Å². The van der Waals surface area contributed by atoms with Gasteiger partial charge in [-0.2, -0.15) is 0 Å². The van der Waals surface area contributed by atoms with E-state index in [1.54, 1.807) is 48.3 Å². The molecule has 100 valence electrons. The van der Waals surface area contributed by atoms with E-state index >= 15 is 0 Å². The first-order valence-corrected chi connectivity index (χ1v) is 6.64. The Bertz CT molecular complexity index is 724. The topological polar surface area (TPSA) is 37.4 Å². The summed E-state index contributed by atoms with van der Waals surface area (Å²) in [7, 11) is 1.74. The lowest BCUT2D eigenvalue weighted by Gasteiger charge is -2.10. The number of anilines is 1. The molecule has 3 rings (SSSR count). The average Bonchev–Trinajstić information content (AvgIpc) is 2.73. The van der Waals surface area contributed by atoms with Crippen LogP contribution in [0.5, 0.6) is 0 Å². The Morgan fingerprint density at radius 3 is 2.65 bits per heavy atom. The van der Waals surface area contributed by atoms with E-state index in [0.29, 0.717) is 22.6 Å². The monoisotopic (exact) mass is 285 g/mol. The molecular formula is C16H12ClNO2. The SMILES string of the molecule is CN1C(=O)Cc2cc(C(=O)c3cccc(Cl)c3)ccc21. The molecule has 0 fully saturated rings. The Morgan fingerprint density at radius 1 is 1.15 bits per heavy atom. The summed E-state index contributed by atoms with van der Waals surface area (Å²) < 4.78 is 0. The highest BCUT2D eigenvalue weighted by Crippen LogP contribution is 2.29. The zero-order chi connectivity index (χ0) is 14.3. The van der Waals surface area contributed by atoms with Gasteiger partial charge in [-0.15, -0.1) is 0 Å². The van der Waals surface area contributed by atoms with Crippen LogP contribution in [0.1, 0.15) is 21.5 Å². The molecule has 1 aliphatic rings. The zero-order valence-corrected chi connectivity index (χ0v) is 11.6. The fraction of sp³-hybridized carbons (Fsp3) is 0.125. The van der Waals surface area contributed by atoms with Gasteiger partial charge in [0.05, 0.1) is 6.42 Å². The lowest BCUT2D eigenvalue weighted by atomic mass is 10.0. The van der Waals surface area contributed by atoms with Gasteiger partial charge in [0, 0.05) is 28.9 Å². The van der Waals surface area contributed by atoms with Crippen molar-refractivity contribution in [3.05, 3.63) is 64.2 Å². The molecule has 0 atom stereocenters. The zero-order valence-electron chi connectivity index (χ0n) is 10.9. The fourth-order valence-corrected chi connectivity index (χ4v) is 2.60.